The van der Waals surface area contributed by atoms with Crippen LogP contribution in [0.3, 0.4) is 0 Å². The van der Waals surface area contributed by atoms with Crippen LogP contribution in [0.15, 0.2) is 36.9 Å². The van der Waals surface area contributed by atoms with Crippen molar-refractivity contribution in [1.82, 2.24) is 4.98 Å². The molecular weight excluding hydrogens is 258 g/mol. The molecule has 0 fully saturated rings. The first kappa shape index (κ1) is 12.6. The monoisotopic (exact) mass is 273 g/mol. The Balaban J connectivity index is 2.23. The average molecular weight is 274 g/mol. The SMILES string of the molecule is C=CC1Cc2cc3cc(Cl)ccc3nc2C(C)(C)O1. The molecule has 0 spiro atoms. The van der Waals surface area contributed by atoms with E-state index in [1.807, 2.05) is 24.3 Å². The Morgan fingerprint density at radius 2 is 2.21 bits per heavy atom. The molecule has 0 aliphatic carbocycles. The van der Waals surface area contributed by atoms with Crippen molar-refractivity contribution in [2.75, 3.05) is 0 Å². The molecule has 0 saturated carbocycles. The second-order valence-corrected chi connectivity index (χ2v) is 5.88. The first-order chi connectivity index (χ1) is 8.99. The van der Waals surface area contributed by atoms with E-state index in [2.05, 4.69) is 26.5 Å². The summed E-state index contributed by atoms with van der Waals surface area (Å²) in [6.45, 7) is 7.94. The van der Waals surface area contributed by atoms with Gasteiger partial charge in [-0.2, -0.15) is 0 Å². The Hall–Kier alpha value is -1.38. The van der Waals surface area contributed by atoms with Crippen LogP contribution in [0.25, 0.3) is 10.9 Å². The van der Waals surface area contributed by atoms with Crippen LogP contribution in [0.5, 0.6) is 0 Å². The summed E-state index contributed by atoms with van der Waals surface area (Å²) in [6.07, 6.45) is 2.71. The average Bonchev–Trinajstić information content (AvgIpc) is 2.36. The zero-order valence-electron chi connectivity index (χ0n) is 11.1. The predicted octanol–water partition coefficient (Wildman–Crippen LogP) is 4.25. The van der Waals surface area contributed by atoms with E-state index in [0.717, 1.165) is 28.0 Å². The van der Waals surface area contributed by atoms with Gasteiger partial charge < -0.3 is 4.74 Å². The molecule has 1 aliphatic rings. The van der Waals surface area contributed by atoms with Gasteiger partial charge in [-0.25, -0.2) is 4.98 Å². The number of nitrogens with zero attached hydrogens (tertiary/aromatic N) is 1. The van der Waals surface area contributed by atoms with Gasteiger partial charge in [0.25, 0.3) is 0 Å². The third-order valence-corrected chi connectivity index (χ3v) is 3.79. The normalized spacial score (nSPS) is 21.1. The zero-order valence-corrected chi connectivity index (χ0v) is 11.9. The quantitative estimate of drug-likeness (QED) is 0.725. The first-order valence-electron chi connectivity index (χ1n) is 6.39. The molecule has 2 heterocycles. The molecule has 2 nitrogen and oxygen atoms in total. The molecule has 0 N–H and O–H groups in total. The molecule has 1 aromatic heterocycles. The van der Waals surface area contributed by atoms with Crippen molar-refractivity contribution in [2.24, 2.45) is 0 Å². The summed E-state index contributed by atoms with van der Waals surface area (Å²) >= 11 is 6.05. The molecular formula is C16H16ClNO. The van der Waals surface area contributed by atoms with Crippen molar-refractivity contribution < 1.29 is 4.74 Å². The van der Waals surface area contributed by atoms with Crippen molar-refractivity contribution >= 4 is 22.5 Å². The van der Waals surface area contributed by atoms with Gasteiger partial charge in [-0.15, -0.1) is 6.58 Å². The fourth-order valence-electron chi connectivity index (χ4n) is 2.69. The molecule has 2 aromatic rings. The highest BCUT2D eigenvalue weighted by molar-refractivity contribution is 6.31. The molecule has 0 amide bonds. The van der Waals surface area contributed by atoms with Crippen LogP contribution in [-0.2, 0) is 16.8 Å². The predicted molar refractivity (Wildman–Crippen MR) is 78.6 cm³/mol. The van der Waals surface area contributed by atoms with Gasteiger partial charge in [0.2, 0.25) is 0 Å². The number of hydrogen-bond donors (Lipinski definition) is 0. The molecule has 0 saturated heterocycles. The van der Waals surface area contributed by atoms with E-state index >= 15 is 0 Å². The van der Waals surface area contributed by atoms with Crippen molar-refractivity contribution in [3.05, 3.63) is 53.2 Å². The lowest BCUT2D eigenvalue weighted by atomic mass is 9.90. The highest BCUT2D eigenvalue weighted by Gasteiger charge is 2.34. The number of rotatable bonds is 1. The second-order valence-electron chi connectivity index (χ2n) is 5.44. The summed E-state index contributed by atoms with van der Waals surface area (Å²) in [6, 6.07) is 7.94. The van der Waals surface area contributed by atoms with Gasteiger partial charge in [-0.3, -0.25) is 0 Å². The Labute approximate surface area is 118 Å². The lowest BCUT2D eigenvalue weighted by Crippen LogP contribution is -2.36. The molecule has 3 heteroatoms. The standard InChI is InChI=1S/C16H16ClNO/c1-4-13-9-11-7-10-8-12(17)5-6-14(10)18-15(11)16(2,3)19-13/h4-8,13H,1,9H2,2-3H3. The number of fused-ring (bicyclic) bond motifs is 2. The molecule has 3 rings (SSSR count). The number of hydrogen-bond acceptors (Lipinski definition) is 2. The van der Waals surface area contributed by atoms with Gasteiger partial charge in [-0.1, -0.05) is 17.7 Å². The number of aromatic nitrogens is 1. The molecule has 0 bridgehead atoms. The van der Waals surface area contributed by atoms with Crippen LogP contribution >= 0.6 is 11.6 Å². The van der Waals surface area contributed by atoms with E-state index in [0.29, 0.717) is 0 Å². The zero-order chi connectivity index (χ0) is 13.6. The summed E-state index contributed by atoms with van der Waals surface area (Å²) < 4.78 is 6.02. The molecule has 19 heavy (non-hydrogen) atoms. The van der Waals surface area contributed by atoms with E-state index in [4.69, 9.17) is 21.3 Å². The van der Waals surface area contributed by atoms with Gasteiger partial charge >= 0.3 is 0 Å². The van der Waals surface area contributed by atoms with Gasteiger partial charge in [0.1, 0.15) is 5.60 Å². The van der Waals surface area contributed by atoms with Gasteiger partial charge in [0, 0.05) is 16.8 Å². The highest BCUT2D eigenvalue weighted by Crippen LogP contribution is 2.36. The largest absolute Gasteiger partial charge is 0.362 e. The number of benzene rings is 1. The smallest absolute Gasteiger partial charge is 0.105 e. The van der Waals surface area contributed by atoms with Crippen LogP contribution < -0.4 is 0 Å². The first-order valence-corrected chi connectivity index (χ1v) is 6.77. The van der Waals surface area contributed by atoms with Crippen molar-refractivity contribution in [1.29, 1.82) is 0 Å². The van der Waals surface area contributed by atoms with Gasteiger partial charge in [0.15, 0.2) is 0 Å². The fraction of sp³-hybridized carbons (Fsp3) is 0.312. The molecule has 0 radical (unpaired) electrons. The van der Waals surface area contributed by atoms with E-state index in [1.165, 1.54) is 5.56 Å². The maximum absolute atomic E-state index is 6.05. The minimum atomic E-state index is -0.389. The third-order valence-electron chi connectivity index (χ3n) is 3.56. The number of halogens is 1. The lowest BCUT2D eigenvalue weighted by Gasteiger charge is -2.36. The summed E-state index contributed by atoms with van der Waals surface area (Å²) in [7, 11) is 0. The van der Waals surface area contributed by atoms with Crippen molar-refractivity contribution in [2.45, 2.75) is 32.0 Å². The Bertz CT molecular complexity index is 663. The molecule has 1 aromatic carbocycles. The Morgan fingerprint density at radius 1 is 1.42 bits per heavy atom. The van der Waals surface area contributed by atoms with Gasteiger partial charge in [-0.05, 0) is 43.7 Å². The van der Waals surface area contributed by atoms with Crippen LogP contribution in [0.2, 0.25) is 5.02 Å². The Morgan fingerprint density at radius 3 is 2.95 bits per heavy atom. The van der Waals surface area contributed by atoms with E-state index in [-0.39, 0.29) is 11.7 Å². The summed E-state index contributed by atoms with van der Waals surface area (Å²) in [5.41, 5.74) is 2.80. The van der Waals surface area contributed by atoms with E-state index in [9.17, 15) is 0 Å². The topological polar surface area (TPSA) is 22.1 Å². The summed E-state index contributed by atoms with van der Waals surface area (Å²) in [5.74, 6) is 0. The molecule has 1 aliphatic heterocycles. The Kier molecular flexibility index (Phi) is 2.88. The fourth-order valence-corrected chi connectivity index (χ4v) is 2.87. The van der Waals surface area contributed by atoms with Crippen LogP contribution in [-0.4, -0.2) is 11.1 Å². The maximum atomic E-state index is 6.05. The minimum absolute atomic E-state index is 0.0425. The second kappa shape index (κ2) is 4.32. The minimum Gasteiger partial charge on any atom is -0.362 e. The number of pyridine rings is 1. The van der Waals surface area contributed by atoms with Crippen molar-refractivity contribution in [3.8, 4) is 0 Å². The molecule has 1 unspecified atom stereocenters. The molecule has 1 atom stereocenters. The molecule has 98 valence electrons. The van der Waals surface area contributed by atoms with Crippen LogP contribution in [0, 0.1) is 0 Å². The van der Waals surface area contributed by atoms with Crippen molar-refractivity contribution in [3.63, 3.8) is 0 Å². The highest BCUT2D eigenvalue weighted by atomic mass is 35.5. The van der Waals surface area contributed by atoms with Crippen LogP contribution in [0.1, 0.15) is 25.1 Å². The van der Waals surface area contributed by atoms with E-state index < -0.39 is 0 Å². The van der Waals surface area contributed by atoms with E-state index in [1.54, 1.807) is 0 Å². The maximum Gasteiger partial charge on any atom is 0.105 e. The van der Waals surface area contributed by atoms with Gasteiger partial charge in [0.05, 0.1) is 17.3 Å². The lowest BCUT2D eigenvalue weighted by molar-refractivity contribution is -0.0696. The van der Waals surface area contributed by atoms with Crippen LogP contribution in [0.4, 0.5) is 0 Å². The summed E-state index contributed by atoms with van der Waals surface area (Å²) in [4.78, 5) is 4.76. The summed E-state index contributed by atoms with van der Waals surface area (Å²) in [5, 5.41) is 1.81. The third kappa shape index (κ3) is 2.15. The number of ether oxygens (including phenoxy) is 1.